The van der Waals surface area contributed by atoms with Crippen molar-refractivity contribution in [3.8, 4) is 0 Å². The monoisotopic (exact) mass is 261 g/mol. The normalized spacial score (nSPS) is 23.2. The van der Waals surface area contributed by atoms with E-state index in [-0.39, 0.29) is 6.61 Å². The van der Waals surface area contributed by atoms with Crippen LogP contribution in [0.25, 0.3) is 0 Å². The average Bonchev–Trinajstić information content (AvgIpc) is 2.37. The zero-order valence-corrected chi connectivity index (χ0v) is 11.4. The summed E-state index contributed by atoms with van der Waals surface area (Å²) >= 11 is 0. The first kappa shape index (κ1) is 15.9. The number of hydrogen-bond donors (Lipinski definition) is 2. The van der Waals surface area contributed by atoms with Gasteiger partial charge in [-0.3, -0.25) is 4.90 Å². The summed E-state index contributed by atoms with van der Waals surface area (Å²) in [6, 6.07) is 0.414. The van der Waals surface area contributed by atoms with Crippen molar-refractivity contribution >= 4 is 0 Å². The first-order valence-corrected chi connectivity index (χ1v) is 6.87. The number of hydrogen-bond acceptors (Lipinski definition) is 5. The van der Waals surface area contributed by atoms with Gasteiger partial charge in [0.15, 0.2) is 0 Å². The summed E-state index contributed by atoms with van der Waals surface area (Å²) in [6.45, 7) is 3.31. The number of ether oxygens (including phenoxy) is 2. The minimum Gasteiger partial charge on any atom is -0.396 e. The number of aliphatic hydroxyl groups is 2. The van der Waals surface area contributed by atoms with Gasteiger partial charge in [0.25, 0.3) is 0 Å². The van der Waals surface area contributed by atoms with Crippen LogP contribution in [0.5, 0.6) is 0 Å². The van der Waals surface area contributed by atoms with Gasteiger partial charge in [-0.1, -0.05) is 6.42 Å². The Hall–Kier alpha value is -0.200. The van der Waals surface area contributed by atoms with Gasteiger partial charge in [0.1, 0.15) is 0 Å². The van der Waals surface area contributed by atoms with Crippen molar-refractivity contribution < 1.29 is 19.7 Å². The molecule has 0 aliphatic carbocycles. The lowest BCUT2D eigenvalue weighted by atomic mass is 9.99. The lowest BCUT2D eigenvalue weighted by Gasteiger charge is -2.36. The van der Waals surface area contributed by atoms with Crippen molar-refractivity contribution in [2.24, 2.45) is 0 Å². The average molecular weight is 261 g/mol. The van der Waals surface area contributed by atoms with Crippen LogP contribution in [0.15, 0.2) is 0 Å². The Kier molecular flexibility index (Phi) is 8.54. The molecular formula is C13H27NO4. The van der Waals surface area contributed by atoms with E-state index >= 15 is 0 Å². The molecule has 0 aromatic rings. The highest BCUT2D eigenvalue weighted by molar-refractivity contribution is 4.78. The fourth-order valence-corrected chi connectivity index (χ4v) is 2.46. The van der Waals surface area contributed by atoms with Crippen LogP contribution in [0, 0.1) is 0 Å². The molecule has 1 saturated heterocycles. The minimum atomic E-state index is -0.457. The van der Waals surface area contributed by atoms with E-state index in [4.69, 9.17) is 14.6 Å². The van der Waals surface area contributed by atoms with Crippen molar-refractivity contribution in [1.82, 2.24) is 4.90 Å². The van der Waals surface area contributed by atoms with Gasteiger partial charge in [-0.2, -0.15) is 0 Å². The molecule has 2 atom stereocenters. The van der Waals surface area contributed by atoms with Gasteiger partial charge >= 0.3 is 0 Å². The summed E-state index contributed by atoms with van der Waals surface area (Å²) in [7, 11) is 1.63. The van der Waals surface area contributed by atoms with Crippen LogP contribution < -0.4 is 0 Å². The fraction of sp³-hybridized carbons (Fsp3) is 1.00. The number of β-amino-alcohol motifs (C(OH)–C–C–N with tert-alkyl or cyclic N) is 1. The van der Waals surface area contributed by atoms with E-state index in [0.29, 0.717) is 32.4 Å². The van der Waals surface area contributed by atoms with Gasteiger partial charge < -0.3 is 19.7 Å². The number of piperidine rings is 1. The third kappa shape index (κ3) is 6.11. The Morgan fingerprint density at radius 3 is 2.89 bits per heavy atom. The highest BCUT2D eigenvalue weighted by Crippen LogP contribution is 2.19. The molecule has 18 heavy (non-hydrogen) atoms. The van der Waals surface area contributed by atoms with Crippen molar-refractivity contribution in [1.29, 1.82) is 0 Å². The van der Waals surface area contributed by atoms with Gasteiger partial charge in [0, 0.05) is 26.3 Å². The Balaban J connectivity index is 2.20. The van der Waals surface area contributed by atoms with E-state index in [1.807, 2.05) is 0 Å². The van der Waals surface area contributed by atoms with Crippen LogP contribution >= 0.6 is 0 Å². The van der Waals surface area contributed by atoms with Crippen LogP contribution in [0.1, 0.15) is 25.7 Å². The standard InChI is InChI=1S/C13H27NO4/c1-17-8-9-18-11-13(16)10-14-6-3-2-4-12(14)5-7-15/h12-13,15-16H,2-11H2,1H3. The summed E-state index contributed by atoms with van der Waals surface area (Å²) in [5.41, 5.74) is 0. The molecule has 0 amide bonds. The maximum atomic E-state index is 9.92. The summed E-state index contributed by atoms with van der Waals surface area (Å²) < 4.78 is 10.2. The molecule has 1 aliphatic heterocycles. The molecule has 0 aromatic heterocycles. The first-order chi connectivity index (χ1) is 8.77. The smallest absolute Gasteiger partial charge is 0.0900 e. The highest BCUT2D eigenvalue weighted by atomic mass is 16.5. The SMILES string of the molecule is COCCOCC(O)CN1CCCCC1CCO. The Morgan fingerprint density at radius 2 is 2.17 bits per heavy atom. The van der Waals surface area contributed by atoms with Crippen LogP contribution in [0.2, 0.25) is 0 Å². The number of likely N-dealkylation sites (tertiary alicyclic amines) is 1. The molecule has 1 fully saturated rings. The number of methoxy groups -OCH3 is 1. The predicted octanol–water partition coefficient (Wildman–Crippen LogP) is 0.247. The summed E-state index contributed by atoms with van der Waals surface area (Å²) in [5.74, 6) is 0. The largest absolute Gasteiger partial charge is 0.396 e. The molecule has 108 valence electrons. The maximum Gasteiger partial charge on any atom is 0.0900 e. The Morgan fingerprint density at radius 1 is 1.33 bits per heavy atom. The molecule has 0 spiro atoms. The zero-order valence-electron chi connectivity index (χ0n) is 11.4. The lowest BCUT2D eigenvalue weighted by molar-refractivity contribution is -0.0129. The second-order valence-corrected chi connectivity index (χ2v) is 4.88. The maximum absolute atomic E-state index is 9.92. The number of nitrogens with zero attached hydrogens (tertiary/aromatic N) is 1. The molecule has 1 rings (SSSR count). The van der Waals surface area contributed by atoms with Gasteiger partial charge in [-0.15, -0.1) is 0 Å². The molecule has 0 bridgehead atoms. The summed E-state index contributed by atoms with van der Waals surface area (Å²) in [6.07, 6.45) is 3.87. The van der Waals surface area contributed by atoms with Crippen LogP contribution in [-0.2, 0) is 9.47 Å². The second kappa shape index (κ2) is 9.69. The second-order valence-electron chi connectivity index (χ2n) is 4.88. The Bertz CT molecular complexity index is 201. The van der Waals surface area contributed by atoms with Crippen molar-refractivity contribution in [2.45, 2.75) is 37.8 Å². The number of aliphatic hydroxyl groups excluding tert-OH is 2. The van der Waals surface area contributed by atoms with Crippen molar-refractivity contribution in [2.75, 3.05) is 46.6 Å². The molecular weight excluding hydrogens is 234 g/mol. The van der Waals surface area contributed by atoms with Crippen LogP contribution in [-0.4, -0.2) is 73.9 Å². The number of rotatable bonds is 9. The van der Waals surface area contributed by atoms with E-state index in [1.54, 1.807) is 7.11 Å². The Labute approximate surface area is 110 Å². The topological polar surface area (TPSA) is 62.2 Å². The molecule has 5 heteroatoms. The van der Waals surface area contributed by atoms with Gasteiger partial charge in [-0.05, 0) is 25.8 Å². The first-order valence-electron chi connectivity index (χ1n) is 6.87. The quantitative estimate of drug-likeness (QED) is 0.583. The van der Waals surface area contributed by atoms with E-state index in [2.05, 4.69) is 4.90 Å². The van der Waals surface area contributed by atoms with Gasteiger partial charge in [-0.25, -0.2) is 0 Å². The molecule has 5 nitrogen and oxygen atoms in total. The molecule has 1 heterocycles. The third-order valence-electron chi connectivity index (χ3n) is 3.40. The molecule has 2 N–H and O–H groups in total. The van der Waals surface area contributed by atoms with E-state index in [0.717, 1.165) is 19.4 Å². The molecule has 0 radical (unpaired) electrons. The minimum absolute atomic E-state index is 0.224. The predicted molar refractivity (Wildman–Crippen MR) is 69.6 cm³/mol. The lowest BCUT2D eigenvalue weighted by Crippen LogP contribution is -2.45. The molecule has 0 saturated carbocycles. The van der Waals surface area contributed by atoms with Crippen molar-refractivity contribution in [3.63, 3.8) is 0 Å². The van der Waals surface area contributed by atoms with Gasteiger partial charge in [0.05, 0.1) is 25.9 Å². The van der Waals surface area contributed by atoms with E-state index in [1.165, 1.54) is 12.8 Å². The molecule has 0 aromatic carbocycles. The van der Waals surface area contributed by atoms with Gasteiger partial charge in [0.2, 0.25) is 0 Å². The fourth-order valence-electron chi connectivity index (χ4n) is 2.46. The van der Waals surface area contributed by atoms with Crippen molar-refractivity contribution in [3.05, 3.63) is 0 Å². The zero-order chi connectivity index (χ0) is 13.2. The summed E-state index contributed by atoms with van der Waals surface area (Å²) in [5, 5.41) is 19.0. The highest BCUT2D eigenvalue weighted by Gasteiger charge is 2.23. The molecule has 1 aliphatic rings. The van der Waals surface area contributed by atoms with Crippen LogP contribution in [0.3, 0.4) is 0 Å². The summed E-state index contributed by atoms with van der Waals surface area (Å²) in [4.78, 5) is 2.28. The van der Waals surface area contributed by atoms with E-state index < -0.39 is 6.10 Å². The van der Waals surface area contributed by atoms with Crippen LogP contribution in [0.4, 0.5) is 0 Å². The third-order valence-corrected chi connectivity index (χ3v) is 3.40. The van der Waals surface area contributed by atoms with E-state index in [9.17, 15) is 5.11 Å². The molecule has 2 unspecified atom stereocenters.